The van der Waals surface area contributed by atoms with Crippen LogP contribution in [0.25, 0.3) is 10.6 Å². The van der Waals surface area contributed by atoms with Gasteiger partial charge in [-0.15, -0.1) is 11.3 Å². The zero-order valence-corrected chi connectivity index (χ0v) is 14.8. The van der Waals surface area contributed by atoms with Gasteiger partial charge in [-0.05, 0) is 49.4 Å². The molecule has 1 aromatic carbocycles. The topological polar surface area (TPSA) is 54.9 Å². The highest BCUT2D eigenvalue weighted by Crippen LogP contribution is 2.31. The summed E-state index contributed by atoms with van der Waals surface area (Å²) in [7, 11) is 0. The van der Waals surface area contributed by atoms with Gasteiger partial charge in [-0.3, -0.25) is 9.78 Å². The molecule has 1 aliphatic rings. The average molecular weight is 349 g/mol. The van der Waals surface area contributed by atoms with Gasteiger partial charge in [0.1, 0.15) is 9.88 Å². The van der Waals surface area contributed by atoms with Gasteiger partial charge in [0.2, 0.25) is 0 Å². The van der Waals surface area contributed by atoms with Gasteiger partial charge in [-0.2, -0.15) is 0 Å². The molecular weight excluding hydrogens is 330 g/mol. The number of fused-ring (bicyclic) bond motifs is 1. The van der Waals surface area contributed by atoms with Crippen molar-refractivity contribution in [1.82, 2.24) is 15.3 Å². The molecule has 4 nitrogen and oxygen atoms in total. The summed E-state index contributed by atoms with van der Waals surface area (Å²) in [4.78, 5) is 22.2. The molecule has 3 aromatic rings. The number of carbonyl (C=O) groups excluding carboxylic acids is 1. The average Bonchev–Trinajstić information content (AvgIpc) is 3.05. The maximum Gasteiger partial charge on any atom is 0.263 e. The number of amides is 1. The van der Waals surface area contributed by atoms with Crippen molar-refractivity contribution in [3.05, 3.63) is 70.5 Å². The number of nitrogens with one attached hydrogen (secondary N) is 1. The summed E-state index contributed by atoms with van der Waals surface area (Å²) in [6.45, 7) is 1.89. The molecule has 25 heavy (non-hydrogen) atoms. The van der Waals surface area contributed by atoms with E-state index in [0.29, 0.717) is 4.88 Å². The Morgan fingerprint density at radius 1 is 1.24 bits per heavy atom. The summed E-state index contributed by atoms with van der Waals surface area (Å²) in [6, 6.07) is 12.3. The summed E-state index contributed by atoms with van der Waals surface area (Å²) in [5.74, 6) is -0.0353. The van der Waals surface area contributed by atoms with E-state index >= 15 is 0 Å². The maximum absolute atomic E-state index is 12.8. The lowest BCUT2D eigenvalue weighted by molar-refractivity contribution is 0.0936. The third-order valence-corrected chi connectivity index (χ3v) is 5.79. The molecule has 1 atom stereocenters. The van der Waals surface area contributed by atoms with E-state index in [1.807, 2.05) is 25.1 Å². The minimum atomic E-state index is -0.0353. The van der Waals surface area contributed by atoms with Gasteiger partial charge in [0, 0.05) is 18.0 Å². The van der Waals surface area contributed by atoms with E-state index in [2.05, 4.69) is 33.5 Å². The van der Waals surface area contributed by atoms with Gasteiger partial charge in [-0.1, -0.05) is 24.3 Å². The molecule has 0 spiro atoms. The van der Waals surface area contributed by atoms with Crippen molar-refractivity contribution in [1.29, 1.82) is 0 Å². The Labute approximate surface area is 151 Å². The van der Waals surface area contributed by atoms with Crippen LogP contribution in [0.3, 0.4) is 0 Å². The number of aryl methyl sites for hydroxylation is 2. The van der Waals surface area contributed by atoms with E-state index in [9.17, 15) is 4.79 Å². The second kappa shape index (κ2) is 6.76. The number of hydrogen-bond donors (Lipinski definition) is 1. The number of benzene rings is 1. The summed E-state index contributed by atoms with van der Waals surface area (Å²) in [6.07, 6.45) is 6.68. The first-order chi connectivity index (χ1) is 12.2. The van der Waals surface area contributed by atoms with Crippen molar-refractivity contribution in [3.63, 3.8) is 0 Å². The fourth-order valence-corrected chi connectivity index (χ4v) is 4.31. The van der Waals surface area contributed by atoms with Crippen molar-refractivity contribution in [2.75, 3.05) is 0 Å². The smallest absolute Gasteiger partial charge is 0.263 e. The van der Waals surface area contributed by atoms with Crippen molar-refractivity contribution < 1.29 is 4.79 Å². The number of hydrogen-bond acceptors (Lipinski definition) is 4. The van der Waals surface area contributed by atoms with E-state index in [-0.39, 0.29) is 11.9 Å². The van der Waals surface area contributed by atoms with Crippen LogP contribution in [0, 0.1) is 6.92 Å². The molecule has 2 aromatic heterocycles. The van der Waals surface area contributed by atoms with Gasteiger partial charge in [0.05, 0.1) is 11.7 Å². The third kappa shape index (κ3) is 3.20. The zero-order chi connectivity index (χ0) is 17.2. The van der Waals surface area contributed by atoms with Crippen molar-refractivity contribution in [2.24, 2.45) is 0 Å². The lowest BCUT2D eigenvalue weighted by Gasteiger charge is -2.26. The van der Waals surface area contributed by atoms with Crippen molar-refractivity contribution in [2.45, 2.75) is 32.2 Å². The van der Waals surface area contributed by atoms with Gasteiger partial charge in [0.25, 0.3) is 5.91 Å². The molecule has 0 aliphatic heterocycles. The second-order valence-electron chi connectivity index (χ2n) is 6.29. The van der Waals surface area contributed by atoms with Crippen molar-refractivity contribution in [3.8, 4) is 10.6 Å². The van der Waals surface area contributed by atoms with Crippen LogP contribution in [0.5, 0.6) is 0 Å². The molecular formula is C20H19N3OS. The Kier molecular flexibility index (Phi) is 4.32. The van der Waals surface area contributed by atoms with E-state index in [1.165, 1.54) is 22.5 Å². The Morgan fingerprint density at radius 3 is 2.96 bits per heavy atom. The second-order valence-corrected chi connectivity index (χ2v) is 7.29. The van der Waals surface area contributed by atoms with Gasteiger partial charge >= 0.3 is 0 Å². The monoisotopic (exact) mass is 349 g/mol. The first kappa shape index (κ1) is 16.0. The fraction of sp³-hybridized carbons (Fsp3) is 0.250. The predicted molar refractivity (Wildman–Crippen MR) is 99.7 cm³/mol. The van der Waals surface area contributed by atoms with Crippen LogP contribution >= 0.6 is 11.3 Å². The Hall–Kier alpha value is -2.53. The molecule has 0 radical (unpaired) electrons. The molecule has 2 heterocycles. The first-order valence-corrected chi connectivity index (χ1v) is 9.30. The van der Waals surface area contributed by atoms with Crippen LogP contribution in [0.15, 0.2) is 48.8 Å². The largest absolute Gasteiger partial charge is 0.344 e. The van der Waals surface area contributed by atoms with Crippen LogP contribution in [-0.4, -0.2) is 15.9 Å². The molecule has 4 rings (SSSR count). The minimum absolute atomic E-state index is 0.0353. The Bertz CT molecular complexity index is 904. The fourth-order valence-electron chi connectivity index (χ4n) is 3.35. The van der Waals surface area contributed by atoms with E-state index in [1.54, 1.807) is 12.4 Å². The lowest BCUT2D eigenvalue weighted by Crippen LogP contribution is -2.30. The summed E-state index contributed by atoms with van der Waals surface area (Å²) >= 11 is 1.43. The summed E-state index contributed by atoms with van der Waals surface area (Å²) in [5, 5.41) is 4.05. The Balaban J connectivity index is 1.58. The molecule has 1 amide bonds. The van der Waals surface area contributed by atoms with Crippen LogP contribution in [0.1, 0.15) is 45.4 Å². The maximum atomic E-state index is 12.8. The molecule has 0 saturated carbocycles. The number of carbonyl (C=O) groups is 1. The van der Waals surface area contributed by atoms with Crippen LogP contribution in [0.2, 0.25) is 0 Å². The van der Waals surface area contributed by atoms with Gasteiger partial charge in [-0.25, -0.2) is 4.98 Å². The summed E-state index contributed by atoms with van der Waals surface area (Å²) < 4.78 is 0. The standard InChI is InChI=1S/C20H19N3OS/c1-13-18(25-20(22-13)15-8-5-11-21-12-15)19(24)23-17-10-4-7-14-6-2-3-9-16(14)17/h2-3,5-6,8-9,11-12,17H,4,7,10H2,1H3,(H,23,24). The van der Waals surface area contributed by atoms with Crippen molar-refractivity contribution >= 4 is 17.2 Å². The highest BCUT2D eigenvalue weighted by molar-refractivity contribution is 7.17. The first-order valence-electron chi connectivity index (χ1n) is 8.49. The molecule has 0 saturated heterocycles. The van der Waals surface area contributed by atoms with E-state index in [0.717, 1.165) is 35.5 Å². The van der Waals surface area contributed by atoms with Crippen LogP contribution in [0.4, 0.5) is 0 Å². The number of aromatic nitrogens is 2. The zero-order valence-electron chi connectivity index (χ0n) is 14.0. The lowest BCUT2D eigenvalue weighted by atomic mass is 9.88. The molecule has 126 valence electrons. The van der Waals surface area contributed by atoms with E-state index in [4.69, 9.17) is 0 Å². The third-order valence-electron chi connectivity index (χ3n) is 4.59. The van der Waals surface area contributed by atoms with E-state index < -0.39 is 0 Å². The highest BCUT2D eigenvalue weighted by atomic mass is 32.1. The SMILES string of the molecule is Cc1nc(-c2cccnc2)sc1C(=O)NC1CCCc2ccccc21. The number of nitrogens with zero attached hydrogens (tertiary/aromatic N) is 2. The van der Waals surface area contributed by atoms with Crippen LogP contribution in [-0.2, 0) is 6.42 Å². The molecule has 5 heteroatoms. The molecule has 1 unspecified atom stereocenters. The minimum Gasteiger partial charge on any atom is -0.344 e. The van der Waals surface area contributed by atoms with Gasteiger partial charge in [0.15, 0.2) is 0 Å². The number of rotatable bonds is 3. The summed E-state index contributed by atoms with van der Waals surface area (Å²) in [5.41, 5.74) is 4.30. The Morgan fingerprint density at radius 2 is 2.12 bits per heavy atom. The predicted octanol–water partition coefficient (Wildman–Crippen LogP) is 4.32. The number of thiazole rings is 1. The quantitative estimate of drug-likeness (QED) is 0.766. The van der Waals surface area contributed by atoms with Crippen LogP contribution < -0.4 is 5.32 Å². The van der Waals surface area contributed by atoms with Gasteiger partial charge < -0.3 is 5.32 Å². The molecule has 0 fully saturated rings. The normalized spacial score (nSPS) is 16.3. The number of pyridine rings is 1. The molecule has 1 N–H and O–H groups in total. The molecule has 1 aliphatic carbocycles. The molecule has 0 bridgehead atoms. The highest BCUT2D eigenvalue weighted by Gasteiger charge is 2.24.